The highest BCUT2D eigenvalue weighted by Crippen LogP contribution is 2.22. The second-order valence-electron chi connectivity index (χ2n) is 6.20. The second kappa shape index (κ2) is 7.55. The molecule has 128 valence electrons. The molecule has 1 atom stereocenters. The lowest BCUT2D eigenvalue weighted by Gasteiger charge is -2.38. The van der Waals surface area contributed by atoms with Crippen LogP contribution in [0.4, 0.5) is 0 Å². The zero-order valence-electron chi connectivity index (χ0n) is 13.6. The van der Waals surface area contributed by atoms with Gasteiger partial charge in [0.05, 0.1) is 6.54 Å². The molecular weight excluding hydrogens is 306 g/mol. The number of nitrogens with zero attached hydrogens (tertiary/aromatic N) is 3. The molecule has 0 aliphatic carbocycles. The molecule has 1 saturated heterocycles. The van der Waals surface area contributed by atoms with Crippen LogP contribution in [0.5, 0.6) is 0 Å². The van der Waals surface area contributed by atoms with E-state index in [4.69, 9.17) is 0 Å². The van der Waals surface area contributed by atoms with Gasteiger partial charge < -0.3 is 15.3 Å². The lowest BCUT2D eigenvalue weighted by molar-refractivity contribution is -0.156. The first-order chi connectivity index (χ1) is 11.7. The second-order valence-corrected chi connectivity index (χ2v) is 6.20. The zero-order chi connectivity index (χ0) is 16.8. The number of hydrogen-bond donors (Lipinski definition) is 3. The molecule has 7 heteroatoms. The van der Waals surface area contributed by atoms with E-state index in [9.17, 15) is 9.90 Å². The fraction of sp³-hybridized carbons (Fsp3) is 0.471. The summed E-state index contributed by atoms with van der Waals surface area (Å²) in [5.74, 6) is 0.498. The number of aliphatic hydroxyl groups is 1. The van der Waals surface area contributed by atoms with E-state index in [0.29, 0.717) is 31.9 Å². The summed E-state index contributed by atoms with van der Waals surface area (Å²) in [5.41, 5.74) is -0.141. The Labute approximate surface area is 141 Å². The minimum absolute atomic E-state index is 0.185. The molecule has 0 saturated carbocycles. The number of aromatic nitrogens is 3. The molecule has 0 radical (unpaired) electrons. The fourth-order valence-corrected chi connectivity index (χ4v) is 3.05. The van der Waals surface area contributed by atoms with E-state index in [1.165, 1.54) is 11.9 Å². The monoisotopic (exact) mass is 329 g/mol. The molecule has 0 unspecified atom stereocenters. The van der Waals surface area contributed by atoms with Crippen molar-refractivity contribution in [3.8, 4) is 0 Å². The summed E-state index contributed by atoms with van der Waals surface area (Å²) in [7, 11) is 0. The molecule has 7 nitrogen and oxygen atoms in total. The molecule has 0 spiro atoms. The van der Waals surface area contributed by atoms with Crippen LogP contribution >= 0.6 is 0 Å². The number of hydrogen-bond acceptors (Lipinski definition) is 5. The maximum Gasteiger partial charge on any atom is 0.255 e. The standard InChI is InChI=1S/C17H23N5O2/c23-16-17(24,12-18-11-15-19-13-20-21-15)8-4-9-22(16)10-7-14-5-2-1-3-6-14/h1-3,5-6,13,18,24H,4,7-12H2,(H,19,20,21)/t17-/m0/s1. The van der Waals surface area contributed by atoms with E-state index in [-0.39, 0.29) is 12.5 Å². The summed E-state index contributed by atoms with van der Waals surface area (Å²) >= 11 is 0. The van der Waals surface area contributed by atoms with Gasteiger partial charge in [-0.25, -0.2) is 4.98 Å². The summed E-state index contributed by atoms with van der Waals surface area (Å²) in [6.45, 7) is 2.00. The van der Waals surface area contributed by atoms with Gasteiger partial charge in [-0.15, -0.1) is 0 Å². The van der Waals surface area contributed by atoms with E-state index in [2.05, 4.69) is 32.6 Å². The van der Waals surface area contributed by atoms with Crippen molar-refractivity contribution in [1.29, 1.82) is 0 Å². The van der Waals surface area contributed by atoms with E-state index >= 15 is 0 Å². The molecule has 1 aliphatic heterocycles. The molecule has 3 N–H and O–H groups in total. The van der Waals surface area contributed by atoms with Crippen LogP contribution < -0.4 is 5.32 Å². The van der Waals surface area contributed by atoms with Crippen LogP contribution in [-0.2, 0) is 17.8 Å². The number of H-pyrrole nitrogens is 1. The number of carbonyl (C=O) groups excluding carboxylic acids is 1. The van der Waals surface area contributed by atoms with E-state index in [1.807, 2.05) is 18.2 Å². The maximum absolute atomic E-state index is 12.7. The van der Waals surface area contributed by atoms with Crippen molar-refractivity contribution in [2.24, 2.45) is 0 Å². The Morgan fingerprint density at radius 1 is 1.33 bits per heavy atom. The van der Waals surface area contributed by atoms with Crippen molar-refractivity contribution in [1.82, 2.24) is 25.4 Å². The number of aromatic amines is 1. The summed E-state index contributed by atoms with van der Waals surface area (Å²) in [5, 5.41) is 20.3. The van der Waals surface area contributed by atoms with Crippen LogP contribution in [0.2, 0.25) is 0 Å². The van der Waals surface area contributed by atoms with Gasteiger partial charge in [0.15, 0.2) is 5.60 Å². The number of rotatable bonds is 7. The molecule has 3 rings (SSSR count). The Morgan fingerprint density at radius 3 is 2.92 bits per heavy atom. The maximum atomic E-state index is 12.7. The third-order valence-corrected chi connectivity index (χ3v) is 4.39. The van der Waals surface area contributed by atoms with Gasteiger partial charge in [-0.3, -0.25) is 9.89 Å². The number of amides is 1. The highest BCUT2D eigenvalue weighted by Gasteiger charge is 2.41. The van der Waals surface area contributed by atoms with Crippen LogP contribution in [-0.4, -0.2) is 56.3 Å². The Balaban J connectivity index is 1.53. The van der Waals surface area contributed by atoms with Crippen molar-refractivity contribution < 1.29 is 9.90 Å². The van der Waals surface area contributed by atoms with Crippen molar-refractivity contribution in [2.75, 3.05) is 19.6 Å². The molecule has 2 heterocycles. The summed E-state index contributed by atoms with van der Waals surface area (Å²) in [6, 6.07) is 10.1. The topological polar surface area (TPSA) is 94.1 Å². The van der Waals surface area contributed by atoms with Crippen LogP contribution in [0, 0.1) is 0 Å². The number of likely N-dealkylation sites (tertiary alicyclic amines) is 1. The van der Waals surface area contributed by atoms with Crippen LogP contribution in [0.15, 0.2) is 36.7 Å². The molecule has 1 fully saturated rings. The van der Waals surface area contributed by atoms with Gasteiger partial charge in [0.1, 0.15) is 12.2 Å². The smallest absolute Gasteiger partial charge is 0.255 e. The van der Waals surface area contributed by atoms with Gasteiger partial charge in [0, 0.05) is 19.6 Å². The molecule has 1 aliphatic rings. The minimum atomic E-state index is -1.34. The summed E-state index contributed by atoms with van der Waals surface area (Å²) in [6.07, 6.45) is 3.52. The Kier molecular flexibility index (Phi) is 5.22. The quantitative estimate of drug-likeness (QED) is 0.687. The van der Waals surface area contributed by atoms with Crippen LogP contribution in [0.3, 0.4) is 0 Å². The molecule has 24 heavy (non-hydrogen) atoms. The van der Waals surface area contributed by atoms with E-state index in [1.54, 1.807) is 4.90 Å². The molecule has 0 bridgehead atoms. The van der Waals surface area contributed by atoms with Crippen molar-refractivity contribution in [2.45, 2.75) is 31.4 Å². The lowest BCUT2D eigenvalue weighted by Crippen LogP contribution is -2.58. The number of nitrogens with one attached hydrogen (secondary N) is 2. The normalized spacial score (nSPS) is 21.2. The van der Waals surface area contributed by atoms with Gasteiger partial charge >= 0.3 is 0 Å². The molecule has 1 aromatic heterocycles. The van der Waals surface area contributed by atoms with E-state index < -0.39 is 5.60 Å². The lowest BCUT2D eigenvalue weighted by atomic mass is 9.91. The zero-order valence-corrected chi connectivity index (χ0v) is 13.6. The highest BCUT2D eigenvalue weighted by molar-refractivity contribution is 5.86. The SMILES string of the molecule is O=C1N(CCc2ccccc2)CCC[C@]1(O)CNCc1ncn[nH]1. The number of piperidine rings is 1. The van der Waals surface area contributed by atoms with Gasteiger partial charge in [0.2, 0.25) is 0 Å². The van der Waals surface area contributed by atoms with Crippen LogP contribution in [0.25, 0.3) is 0 Å². The number of benzene rings is 1. The minimum Gasteiger partial charge on any atom is -0.379 e. The first-order valence-electron chi connectivity index (χ1n) is 8.28. The summed E-state index contributed by atoms with van der Waals surface area (Å²) < 4.78 is 0. The predicted octanol–water partition coefficient (Wildman–Crippen LogP) is 0.490. The Bertz CT molecular complexity index is 646. The van der Waals surface area contributed by atoms with Crippen LogP contribution in [0.1, 0.15) is 24.2 Å². The van der Waals surface area contributed by atoms with Crippen molar-refractivity contribution in [3.63, 3.8) is 0 Å². The van der Waals surface area contributed by atoms with Gasteiger partial charge in [-0.1, -0.05) is 30.3 Å². The largest absolute Gasteiger partial charge is 0.379 e. The average Bonchev–Trinajstić information content (AvgIpc) is 3.11. The Hall–Kier alpha value is -2.25. The molecule has 2 aromatic rings. The highest BCUT2D eigenvalue weighted by atomic mass is 16.3. The number of carbonyl (C=O) groups is 1. The third-order valence-electron chi connectivity index (χ3n) is 4.39. The van der Waals surface area contributed by atoms with Crippen molar-refractivity contribution >= 4 is 5.91 Å². The van der Waals surface area contributed by atoms with Gasteiger partial charge in [-0.2, -0.15) is 5.10 Å². The summed E-state index contributed by atoms with van der Waals surface area (Å²) in [4.78, 5) is 18.4. The fourth-order valence-electron chi connectivity index (χ4n) is 3.05. The molecule has 1 amide bonds. The molecular formula is C17H23N5O2. The first kappa shape index (κ1) is 16.6. The predicted molar refractivity (Wildman–Crippen MR) is 89.0 cm³/mol. The van der Waals surface area contributed by atoms with Gasteiger partial charge in [-0.05, 0) is 24.8 Å². The third kappa shape index (κ3) is 3.98. The average molecular weight is 329 g/mol. The van der Waals surface area contributed by atoms with Gasteiger partial charge in [0.25, 0.3) is 5.91 Å². The van der Waals surface area contributed by atoms with E-state index in [0.717, 1.165) is 12.8 Å². The molecule has 1 aromatic carbocycles. The first-order valence-corrected chi connectivity index (χ1v) is 8.28. The van der Waals surface area contributed by atoms with Crippen molar-refractivity contribution in [3.05, 3.63) is 48.0 Å². The Morgan fingerprint density at radius 2 is 2.17 bits per heavy atom.